The number of carbonyl (C=O) groups excluding carboxylic acids is 2. The number of rotatable bonds is 1. The molecular formula is C38H60N4O4. The number of nitrogens with zero attached hydrogens (tertiary/aromatic N) is 1. The van der Waals surface area contributed by atoms with Crippen molar-refractivity contribution in [1.82, 2.24) is 15.5 Å². The standard InChI is InChI=1S/C23H34N2O4.C13H18N2.2CH4/c1-21(2,3)28-19(26)24-18-17-10-8-7-9-16(17)15-23(18)11-13-25(14-12-23)20(27)29-22(4,5)6;14-12-11-4-2-1-3-10(11)9-13(12)5-7-15-8-6-13;;/h7-10,18H,11-15H2,1-6H3,(H,24,26);1-4,12,15H,5-9,14H2;2*1H4. The molecule has 2 fully saturated rings. The molecule has 256 valence electrons. The van der Waals surface area contributed by atoms with Crippen LogP contribution in [0.2, 0.25) is 0 Å². The van der Waals surface area contributed by atoms with E-state index in [0.29, 0.717) is 18.5 Å². The topological polar surface area (TPSA) is 106 Å². The summed E-state index contributed by atoms with van der Waals surface area (Å²) in [6.07, 6.45) is 5.49. The third-order valence-electron chi connectivity index (χ3n) is 9.78. The Bertz CT molecular complexity index is 1330. The summed E-state index contributed by atoms with van der Waals surface area (Å²) in [5, 5.41) is 6.57. The molecule has 4 aliphatic rings. The molecule has 2 aromatic rings. The van der Waals surface area contributed by atoms with E-state index in [1.165, 1.54) is 36.0 Å². The second-order valence-electron chi connectivity index (χ2n) is 15.3. The molecule has 0 saturated carbocycles. The Morgan fingerprint density at radius 1 is 0.783 bits per heavy atom. The summed E-state index contributed by atoms with van der Waals surface area (Å²) in [6.45, 7) is 14.7. The maximum atomic E-state index is 12.6. The maximum absolute atomic E-state index is 12.6. The maximum Gasteiger partial charge on any atom is 0.410 e. The minimum Gasteiger partial charge on any atom is -0.444 e. The Morgan fingerprint density at radius 3 is 1.83 bits per heavy atom. The van der Waals surface area contributed by atoms with Gasteiger partial charge in [0.2, 0.25) is 0 Å². The lowest BCUT2D eigenvalue weighted by Crippen LogP contribution is -2.49. The molecule has 2 unspecified atom stereocenters. The first-order valence-corrected chi connectivity index (χ1v) is 16.3. The van der Waals surface area contributed by atoms with Gasteiger partial charge in [-0.2, -0.15) is 0 Å². The largest absolute Gasteiger partial charge is 0.444 e. The first-order valence-electron chi connectivity index (χ1n) is 16.3. The fraction of sp³-hybridized carbons (Fsp3) is 0.632. The highest BCUT2D eigenvalue weighted by Crippen LogP contribution is 2.52. The van der Waals surface area contributed by atoms with E-state index in [4.69, 9.17) is 15.2 Å². The third-order valence-corrected chi connectivity index (χ3v) is 9.78. The lowest BCUT2D eigenvalue weighted by Gasteiger charge is -2.43. The van der Waals surface area contributed by atoms with Crippen LogP contribution in [0, 0.1) is 10.8 Å². The summed E-state index contributed by atoms with van der Waals surface area (Å²) < 4.78 is 11.1. The normalized spacial score (nSPS) is 22.3. The van der Waals surface area contributed by atoms with Gasteiger partial charge >= 0.3 is 12.2 Å². The summed E-state index contributed by atoms with van der Waals surface area (Å²) in [4.78, 5) is 26.8. The van der Waals surface area contributed by atoms with Crippen LogP contribution in [0.15, 0.2) is 48.5 Å². The molecule has 2 amide bonds. The number of amides is 2. The Kier molecular flexibility index (Phi) is 11.7. The Hall–Kier alpha value is -3.10. The zero-order valence-electron chi connectivity index (χ0n) is 27.5. The van der Waals surface area contributed by atoms with Crippen LogP contribution in [0.1, 0.15) is 116 Å². The van der Waals surface area contributed by atoms with E-state index >= 15 is 0 Å². The average Bonchev–Trinajstić information content (AvgIpc) is 3.38. The molecule has 46 heavy (non-hydrogen) atoms. The first kappa shape index (κ1) is 37.4. The van der Waals surface area contributed by atoms with Crippen molar-refractivity contribution in [3.63, 3.8) is 0 Å². The lowest BCUT2D eigenvalue weighted by molar-refractivity contribution is 0.00332. The number of nitrogens with one attached hydrogen (secondary N) is 2. The average molecular weight is 637 g/mol. The Balaban J connectivity index is 0.000000285. The van der Waals surface area contributed by atoms with Crippen LogP contribution in [0.4, 0.5) is 9.59 Å². The lowest BCUT2D eigenvalue weighted by atomic mass is 9.73. The van der Waals surface area contributed by atoms with Crippen molar-refractivity contribution in [2.24, 2.45) is 16.6 Å². The molecule has 8 nitrogen and oxygen atoms in total. The van der Waals surface area contributed by atoms with Crippen LogP contribution in [0.3, 0.4) is 0 Å². The van der Waals surface area contributed by atoms with Crippen LogP contribution >= 0.6 is 0 Å². The van der Waals surface area contributed by atoms with E-state index in [-0.39, 0.29) is 38.4 Å². The van der Waals surface area contributed by atoms with Crippen molar-refractivity contribution < 1.29 is 19.1 Å². The number of fused-ring (bicyclic) bond motifs is 2. The van der Waals surface area contributed by atoms with Gasteiger partial charge in [0.25, 0.3) is 0 Å². The number of likely N-dealkylation sites (tertiary alicyclic amines) is 1. The second kappa shape index (κ2) is 14.3. The van der Waals surface area contributed by atoms with Crippen molar-refractivity contribution in [3.8, 4) is 0 Å². The molecule has 0 radical (unpaired) electrons. The van der Waals surface area contributed by atoms with E-state index in [9.17, 15) is 9.59 Å². The van der Waals surface area contributed by atoms with Gasteiger partial charge in [0, 0.05) is 24.5 Å². The first-order chi connectivity index (χ1) is 20.7. The van der Waals surface area contributed by atoms with Gasteiger partial charge in [0.1, 0.15) is 11.2 Å². The minimum absolute atomic E-state index is 0. The zero-order valence-corrected chi connectivity index (χ0v) is 27.5. The van der Waals surface area contributed by atoms with Crippen molar-refractivity contribution in [2.75, 3.05) is 26.2 Å². The highest BCUT2D eigenvalue weighted by molar-refractivity contribution is 5.70. The van der Waals surface area contributed by atoms with E-state index in [1.807, 2.05) is 53.7 Å². The van der Waals surface area contributed by atoms with Crippen LogP contribution in [-0.2, 0) is 22.3 Å². The molecular weight excluding hydrogens is 576 g/mol. The van der Waals surface area contributed by atoms with Crippen molar-refractivity contribution in [1.29, 1.82) is 0 Å². The monoisotopic (exact) mass is 636 g/mol. The summed E-state index contributed by atoms with van der Waals surface area (Å²) in [5.41, 5.74) is 10.9. The van der Waals surface area contributed by atoms with Crippen LogP contribution in [-0.4, -0.2) is 54.5 Å². The van der Waals surface area contributed by atoms with E-state index in [2.05, 4.69) is 47.0 Å². The zero-order chi connectivity index (χ0) is 31.8. The second-order valence-corrected chi connectivity index (χ2v) is 15.3. The molecule has 2 atom stereocenters. The number of benzene rings is 2. The van der Waals surface area contributed by atoms with Crippen molar-refractivity contribution in [2.45, 2.75) is 118 Å². The molecule has 6 rings (SSSR count). The number of nitrogens with two attached hydrogens (primary N) is 1. The molecule has 2 aliphatic carbocycles. The molecule has 0 aromatic heterocycles. The number of hydrogen-bond acceptors (Lipinski definition) is 6. The molecule has 2 saturated heterocycles. The molecule has 0 bridgehead atoms. The van der Waals surface area contributed by atoms with Gasteiger partial charge in [0.15, 0.2) is 0 Å². The van der Waals surface area contributed by atoms with Crippen LogP contribution in [0.25, 0.3) is 0 Å². The number of hydrogen-bond donors (Lipinski definition) is 3. The molecule has 2 aromatic carbocycles. The summed E-state index contributed by atoms with van der Waals surface area (Å²) in [6, 6.07) is 17.1. The van der Waals surface area contributed by atoms with Gasteiger partial charge in [-0.3, -0.25) is 0 Å². The van der Waals surface area contributed by atoms with E-state index < -0.39 is 17.3 Å². The molecule has 8 heteroatoms. The fourth-order valence-electron chi connectivity index (χ4n) is 7.60. The number of piperidine rings is 2. The smallest absolute Gasteiger partial charge is 0.410 e. The number of alkyl carbamates (subject to hydrolysis) is 1. The Labute approximate surface area is 278 Å². The molecule has 4 N–H and O–H groups in total. The Morgan fingerprint density at radius 2 is 1.28 bits per heavy atom. The summed E-state index contributed by atoms with van der Waals surface area (Å²) in [5.74, 6) is 0. The van der Waals surface area contributed by atoms with Gasteiger partial charge in [0.05, 0.1) is 6.04 Å². The number of carbonyl (C=O) groups is 2. The highest BCUT2D eigenvalue weighted by atomic mass is 16.6. The van der Waals surface area contributed by atoms with Gasteiger partial charge in [-0.15, -0.1) is 0 Å². The van der Waals surface area contributed by atoms with Crippen molar-refractivity contribution >= 4 is 12.2 Å². The quantitative estimate of drug-likeness (QED) is 0.296. The predicted molar refractivity (Wildman–Crippen MR) is 187 cm³/mol. The molecule has 2 heterocycles. The van der Waals surface area contributed by atoms with Gasteiger partial charge in [-0.05, 0) is 121 Å². The summed E-state index contributed by atoms with van der Waals surface area (Å²) in [7, 11) is 0. The SMILES string of the molecule is C.C.CC(C)(C)OC(=O)NC1c2ccccc2CC12CCN(C(=O)OC(C)(C)C)CC2.NC1c2ccccc2CC12CCNCC2. The van der Waals surface area contributed by atoms with Crippen LogP contribution in [0.5, 0.6) is 0 Å². The molecule has 2 aliphatic heterocycles. The summed E-state index contributed by atoms with van der Waals surface area (Å²) >= 11 is 0. The van der Waals surface area contributed by atoms with Gasteiger partial charge in [-0.1, -0.05) is 63.4 Å². The van der Waals surface area contributed by atoms with Gasteiger partial charge in [-0.25, -0.2) is 9.59 Å². The highest BCUT2D eigenvalue weighted by Gasteiger charge is 2.49. The van der Waals surface area contributed by atoms with Crippen molar-refractivity contribution in [3.05, 3.63) is 70.8 Å². The van der Waals surface area contributed by atoms with Gasteiger partial charge < -0.3 is 30.7 Å². The predicted octanol–water partition coefficient (Wildman–Crippen LogP) is 7.71. The fourth-order valence-corrected chi connectivity index (χ4v) is 7.60. The van der Waals surface area contributed by atoms with E-state index in [0.717, 1.165) is 37.9 Å². The third kappa shape index (κ3) is 8.24. The molecule has 2 spiro atoms. The van der Waals surface area contributed by atoms with E-state index in [1.54, 1.807) is 4.90 Å². The van der Waals surface area contributed by atoms with Crippen LogP contribution < -0.4 is 16.4 Å². The minimum atomic E-state index is -0.546. The number of ether oxygens (including phenoxy) is 2.